The second-order valence-corrected chi connectivity index (χ2v) is 8.51. The summed E-state index contributed by atoms with van der Waals surface area (Å²) in [5, 5.41) is 8.55. The summed E-state index contributed by atoms with van der Waals surface area (Å²) in [6.45, 7) is 3.96. The van der Waals surface area contributed by atoms with E-state index in [1.807, 2.05) is 49.5 Å². The number of rotatable bonds is 6. The zero-order valence-corrected chi connectivity index (χ0v) is 18.9. The zero-order valence-electron chi connectivity index (χ0n) is 16.5. The van der Waals surface area contributed by atoms with Crippen molar-refractivity contribution in [1.29, 1.82) is 0 Å². The maximum absolute atomic E-state index is 12.8. The van der Waals surface area contributed by atoms with E-state index < -0.39 is 6.04 Å². The van der Waals surface area contributed by atoms with Gasteiger partial charge in [0.2, 0.25) is 11.1 Å². The highest BCUT2D eigenvalue weighted by atomic mass is 79.9. The number of carbonyl (C=O) groups excluding carboxylic acids is 1. The van der Waals surface area contributed by atoms with Crippen LogP contribution in [0.3, 0.4) is 0 Å². The Labute approximate surface area is 187 Å². The first kappa shape index (κ1) is 20.6. The van der Waals surface area contributed by atoms with Gasteiger partial charge >= 0.3 is 5.97 Å². The van der Waals surface area contributed by atoms with Crippen LogP contribution in [0, 0.1) is 0 Å². The van der Waals surface area contributed by atoms with E-state index >= 15 is 0 Å². The Hall–Kier alpha value is -2.65. The van der Waals surface area contributed by atoms with E-state index in [2.05, 4.69) is 31.2 Å². The Bertz CT molecular complexity index is 1100. The largest absolute Gasteiger partial charge is 0.463 e. The van der Waals surface area contributed by atoms with Crippen LogP contribution in [0.1, 0.15) is 31.0 Å². The minimum atomic E-state index is -0.432. The van der Waals surface area contributed by atoms with Crippen LogP contribution in [0.2, 0.25) is 0 Å². The number of carbonyl (C=O) groups is 1. The molecule has 3 heterocycles. The monoisotopic (exact) mass is 485 g/mol. The molecular weight excluding hydrogens is 466 g/mol. The highest BCUT2D eigenvalue weighted by Crippen LogP contribution is 2.37. The lowest BCUT2D eigenvalue weighted by Crippen LogP contribution is -2.29. The zero-order chi connectivity index (χ0) is 21.1. The van der Waals surface area contributed by atoms with Crippen molar-refractivity contribution >= 4 is 39.6 Å². The molecule has 0 bridgehead atoms. The molecule has 7 nitrogen and oxygen atoms in total. The van der Waals surface area contributed by atoms with Crippen LogP contribution in [0.5, 0.6) is 0 Å². The van der Waals surface area contributed by atoms with Gasteiger partial charge in [-0.25, -0.2) is 9.48 Å². The third-order valence-electron chi connectivity index (χ3n) is 4.58. The smallest absolute Gasteiger partial charge is 0.338 e. The topological polar surface area (TPSA) is 81.9 Å². The minimum absolute atomic E-state index is 0.303. The van der Waals surface area contributed by atoms with Crippen molar-refractivity contribution in [2.24, 2.45) is 0 Å². The highest BCUT2D eigenvalue weighted by Gasteiger charge is 2.35. The number of ether oxygens (including phenoxy) is 1. The van der Waals surface area contributed by atoms with Crippen LogP contribution >= 0.6 is 27.7 Å². The summed E-state index contributed by atoms with van der Waals surface area (Å²) in [4.78, 5) is 21.6. The Morgan fingerprint density at radius 2 is 2.20 bits per heavy atom. The second kappa shape index (κ2) is 9.01. The van der Waals surface area contributed by atoms with Gasteiger partial charge in [-0.1, -0.05) is 45.9 Å². The number of hydrogen-bond donors (Lipinski definition) is 1. The van der Waals surface area contributed by atoms with Gasteiger partial charge < -0.3 is 10.1 Å². The Morgan fingerprint density at radius 1 is 1.33 bits per heavy atom. The molecule has 154 valence electrons. The first-order valence-electron chi connectivity index (χ1n) is 9.45. The summed E-state index contributed by atoms with van der Waals surface area (Å²) >= 11 is 5.05. The third kappa shape index (κ3) is 4.27. The predicted molar refractivity (Wildman–Crippen MR) is 119 cm³/mol. The number of hydrogen-bond acceptors (Lipinski definition) is 7. The van der Waals surface area contributed by atoms with E-state index in [9.17, 15) is 4.79 Å². The molecule has 0 amide bonds. The lowest BCUT2D eigenvalue weighted by atomic mass is 9.96. The van der Waals surface area contributed by atoms with Crippen LogP contribution in [0.4, 0.5) is 5.95 Å². The molecule has 1 aromatic carbocycles. The summed E-state index contributed by atoms with van der Waals surface area (Å²) in [6, 6.07) is 11.3. The molecule has 9 heteroatoms. The summed E-state index contributed by atoms with van der Waals surface area (Å²) in [6.07, 6.45) is 3.58. The van der Waals surface area contributed by atoms with Crippen LogP contribution < -0.4 is 5.32 Å². The Morgan fingerprint density at radius 3 is 2.93 bits per heavy atom. The number of anilines is 1. The average molecular weight is 486 g/mol. The fourth-order valence-corrected chi connectivity index (χ4v) is 4.46. The quantitative estimate of drug-likeness (QED) is 0.404. The van der Waals surface area contributed by atoms with Gasteiger partial charge in [0.1, 0.15) is 6.04 Å². The number of halogens is 1. The molecule has 1 aliphatic rings. The maximum atomic E-state index is 12.8. The van der Waals surface area contributed by atoms with E-state index in [4.69, 9.17) is 9.84 Å². The van der Waals surface area contributed by atoms with Gasteiger partial charge in [0.15, 0.2) is 0 Å². The van der Waals surface area contributed by atoms with E-state index in [0.29, 0.717) is 34.7 Å². The van der Waals surface area contributed by atoms with E-state index in [1.54, 1.807) is 17.8 Å². The van der Waals surface area contributed by atoms with Crippen LogP contribution in [-0.4, -0.2) is 32.3 Å². The van der Waals surface area contributed by atoms with Crippen molar-refractivity contribution in [2.75, 3.05) is 11.9 Å². The number of nitrogens with one attached hydrogen (secondary N) is 1. The van der Waals surface area contributed by atoms with Crippen molar-refractivity contribution in [2.45, 2.75) is 30.8 Å². The maximum Gasteiger partial charge on any atom is 0.338 e. The van der Waals surface area contributed by atoms with Gasteiger partial charge in [0.25, 0.3) is 0 Å². The van der Waals surface area contributed by atoms with Gasteiger partial charge in [0.05, 0.1) is 12.2 Å². The summed E-state index contributed by atoms with van der Waals surface area (Å²) in [5.74, 6) is 0.938. The average Bonchev–Trinajstić information content (AvgIpc) is 3.14. The number of nitrogens with zero attached hydrogens (tertiary/aromatic N) is 4. The molecule has 0 fully saturated rings. The van der Waals surface area contributed by atoms with Gasteiger partial charge in [-0.3, -0.25) is 4.98 Å². The lowest BCUT2D eigenvalue weighted by molar-refractivity contribution is -0.139. The van der Waals surface area contributed by atoms with Crippen LogP contribution in [0.15, 0.2) is 69.7 Å². The summed E-state index contributed by atoms with van der Waals surface area (Å²) in [7, 11) is 0. The number of allylic oxidation sites excluding steroid dienone is 1. The molecule has 0 radical (unpaired) electrons. The molecule has 1 atom stereocenters. The van der Waals surface area contributed by atoms with Crippen molar-refractivity contribution < 1.29 is 9.53 Å². The fraction of sp³-hybridized carbons (Fsp3) is 0.238. The molecule has 1 N–H and O–H groups in total. The van der Waals surface area contributed by atoms with Crippen molar-refractivity contribution in [3.8, 4) is 0 Å². The molecule has 0 spiro atoms. The lowest BCUT2D eigenvalue weighted by Gasteiger charge is -2.28. The van der Waals surface area contributed by atoms with Crippen molar-refractivity contribution in [3.63, 3.8) is 0 Å². The first-order valence-corrected chi connectivity index (χ1v) is 11.2. The molecule has 0 aliphatic carbocycles. The number of fused-ring (bicyclic) bond motifs is 1. The number of aromatic nitrogens is 4. The summed E-state index contributed by atoms with van der Waals surface area (Å²) in [5.41, 5.74) is 3.25. The third-order valence-corrected chi connectivity index (χ3v) is 5.99. The molecule has 2 aromatic heterocycles. The molecular formula is C21H20BrN5O2S. The molecule has 1 aliphatic heterocycles. The van der Waals surface area contributed by atoms with E-state index in [0.717, 1.165) is 15.6 Å². The normalized spacial score (nSPS) is 15.5. The SMILES string of the molecule is CCOC(=O)C1=C(C)Nc2nc(SCc3cccnc3)nn2C1c1cccc(Br)c1. The molecule has 0 saturated heterocycles. The van der Waals surface area contributed by atoms with Crippen LogP contribution in [-0.2, 0) is 15.3 Å². The van der Waals surface area contributed by atoms with Gasteiger partial charge in [-0.2, -0.15) is 4.98 Å². The number of thioether (sulfide) groups is 1. The number of pyridine rings is 1. The molecule has 4 rings (SSSR count). The minimum Gasteiger partial charge on any atom is -0.463 e. The summed E-state index contributed by atoms with van der Waals surface area (Å²) < 4.78 is 8.02. The van der Waals surface area contributed by atoms with Gasteiger partial charge in [-0.05, 0) is 43.2 Å². The van der Waals surface area contributed by atoms with Gasteiger partial charge in [0, 0.05) is 28.3 Å². The first-order chi connectivity index (χ1) is 14.6. The molecule has 30 heavy (non-hydrogen) atoms. The fourth-order valence-electron chi connectivity index (χ4n) is 3.28. The van der Waals surface area contributed by atoms with E-state index in [-0.39, 0.29) is 5.97 Å². The predicted octanol–water partition coefficient (Wildman–Crippen LogP) is 4.58. The molecule has 0 saturated carbocycles. The number of esters is 1. The van der Waals surface area contributed by atoms with Crippen molar-refractivity contribution in [3.05, 3.63) is 75.7 Å². The Kier molecular flexibility index (Phi) is 6.19. The standard InChI is InChI=1S/C21H20BrN5O2S/c1-3-29-19(28)17-13(2)24-20-25-21(30-12-14-6-5-9-23-11-14)26-27(20)18(17)15-7-4-8-16(22)10-15/h4-11,18H,3,12H2,1-2H3,(H,24,25,26). The van der Waals surface area contributed by atoms with Gasteiger partial charge in [-0.15, -0.1) is 5.10 Å². The molecule has 3 aromatic rings. The Balaban J connectivity index is 1.71. The van der Waals surface area contributed by atoms with Crippen LogP contribution in [0.25, 0.3) is 0 Å². The second-order valence-electron chi connectivity index (χ2n) is 6.65. The van der Waals surface area contributed by atoms with E-state index in [1.165, 1.54) is 11.8 Å². The highest BCUT2D eigenvalue weighted by molar-refractivity contribution is 9.10. The molecule has 1 unspecified atom stereocenters. The number of benzene rings is 1. The van der Waals surface area contributed by atoms with Crippen molar-refractivity contribution in [1.82, 2.24) is 19.7 Å².